The molecule has 0 fully saturated rings. The molecule has 6 nitrogen and oxygen atoms in total. The Hall–Kier alpha value is -2.38. The van der Waals surface area contributed by atoms with Crippen LogP contribution in [0.5, 0.6) is 5.75 Å². The van der Waals surface area contributed by atoms with Crippen molar-refractivity contribution in [1.82, 2.24) is 4.72 Å². The third kappa shape index (κ3) is 4.36. The lowest BCUT2D eigenvalue weighted by Crippen LogP contribution is -2.30. The first-order valence-electron chi connectivity index (χ1n) is 9.41. The summed E-state index contributed by atoms with van der Waals surface area (Å²) in [6, 6.07) is 12.8. The van der Waals surface area contributed by atoms with Gasteiger partial charge in [-0.1, -0.05) is 26.0 Å². The zero-order valence-electron chi connectivity index (χ0n) is 16.4. The van der Waals surface area contributed by atoms with Crippen molar-refractivity contribution in [1.29, 1.82) is 0 Å². The van der Waals surface area contributed by atoms with Gasteiger partial charge in [-0.2, -0.15) is 0 Å². The predicted molar refractivity (Wildman–Crippen MR) is 109 cm³/mol. The highest BCUT2D eigenvalue weighted by atomic mass is 32.2. The van der Waals surface area contributed by atoms with Crippen LogP contribution in [-0.4, -0.2) is 34.5 Å². The number of anilines is 1. The number of sulfonamides is 1. The van der Waals surface area contributed by atoms with E-state index < -0.39 is 10.0 Å². The van der Waals surface area contributed by atoms with Crippen LogP contribution in [-0.2, 0) is 21.2 Å². The average molecular weight is 403 g/mol. The number of nitrogens with zero attached hydrogens (tertiary/aromatic N) is 1. The number of benzene rings is 2. The van der Waals surface area contributed by atoms with Gasteiger partial charge in [0.25, 0.3) is 0 Å². The summed E-state index contributed by atoms with van der Waals surface area (Å²) in [6.07, 6.45) is 0.910. The van der Waals surface area contributed by atoms with Crippen LogP contribution in [0.4, 0.5) is 5.69 Å². The van der Waals surface area contributed by atoms with Crippen LogP contribution in [0.3, 0.4) is 0 Å². The van der Waals surface area contributed by atoms with Crippen LogP contribution in [0, 0.1) is 0 Å². The molecule has 0 spiro atoms. The fraction of sp³-hybridized carbons (Fsp3) is 0.381. The molecule has 0 atom stereocenters. The van der Waals surface area contributed by atoms with E-state index in [0.29, 0.717) is 25.5 Å². The van der Waals surface area contributed by atoms with Gasteiger partial charge in [-0.15, -0.1) is 0 Å². The molecule has 150 valence electrons. The number of ether oxygens (including phenoxy) is 1. The fourth-order valence-electron chi connectivity index (χ4n) is 3.26. The van der Waals surface area contributed by atoms with Crippen molar-refractivity contribution in [2.24, 2.45) is 0 Å². The molecule has 7 heteroatoms. The van der Waals surface area contributed by atoms with Gasteiger partial charge in [0.15, 0.2) is 0 Å². The van der Waals surface area contributed by atoms with Gasteiger partial charge in [0, 0.05) is 12.2 Å². The van der Waals surface area contributed by atoms with Crippen LogP contribution in [0.25, 0.3) is 0 Å². The molecule has 28 heavy (non-hydrogen) atoms. The normalized spacial score (nSPS) is 13.6. The Labute approximate surface area is 166 Å². The lowest BCUT2D eigenvalue weighted by molar-refractivity contribution is -0.119. The van der Waals surface area contributed by atoms with Gasteiger partial charge in [0.2, 0.25) is 15.9 Å². The highest BCUT2D eigenvalue weighted by molar-refractivity contribution is 7.89. The number of nitrogens with one attached hydrogen (secondary N) is 1. The summed E-state index contributed by atoms with van der Waals surface area (Å²) < 4.78 is 31.9. The monoisotopic (exact) mass is 402 g/mol. The maximum absolute atomic E-state index is 12.6. The minimum atomic E-state index is -3.48. The summed E-state index contributed by atoms with van der Waals surface area (Å²) in [6.45, 7) is 5.14. The maximum Gasteiger partial charge on any atom is 0.240 e. The first-order chi connectivity index (χ1) is 13.3. The number of hydrogen-bond acceptors (Lipinski definition) is 4. The number of fused-ring (bicyclic) bond motifs is 1. The molecular formula is C21H26N2O4S. The molecule has 3 rings (SSSR count). The van der Waals surface area contributed by atoms with E-state index in [0.717, 1.165) is 17.0 Å². The molecule has 1 aliphatic rings. The van der Waals surface area contributed by atoms with E-state index in [1.165, 1.54) is 18.7 Å². The smallest absolute Gasteiger partial charge is 0.240 e. The number of carbonyl (C=O) groups is 1. The first kappa shape index (κ1) is 20.4. The van der Waals surface area contributed by atoms with Crippen molar-refractivity contribution in [3.8, 4) is 5.75 Å². The van der Waals surface area contributed by atoms with Crippen molar-refractivity contribution in [3.05, 3.63) is 53.6 Å². The summed E-state index contributed by atoms with van der Waals surface area (Å²) in [7, 11) is -2.10. The van der Waals surface area contributed by atoms with E-state index in [1.807, 2.05) is 24.3 Å². The van der Waals surface area contributed by atoms with E-state index in [1.54, 1.807) is 17.0 Å². The van der Waals surface area contributed by atoms with E-state index in [4.69, 9.17) is 4.74 Å². The van der Waals surface area contributed by atoms with Crippen molar-refractivity contribution < 1.29 is 17.9 Å². The summed E-state index contributed by atoms with van der Waals surface area (Å²) >= 11 is 0. The average Bonchev–Trinajstić information content (AvgIpc) is 3.11. The molecule has 2 aromatic carbocycles. The lowest BCUT2D eigenvalue weighted by Gasteiger charge is -2.18. The Morgan fingerprint density at radius 2 is 1.89 bits per heavy atom. The summed E-state index contributed by atoms with van der Waals surface area (Å²) in [4.78, 5) is 14.5. The highest BCUT2D eigenvalue weighted by Gasteiger charge is 2.26. The standard InChI is InChI=1S/C21H26N2O4S/c1-15(2)16-4-6-18(7-5-16)27-13-11-21(24)23-12-10-17-14-19(8-9-20(17)23)28(25,26)22-3/h4-9,14-15,22H,10-13H2,1-3H3. The van der Waals surface area contributed by atoms with Gasteiger partial charge in [-0.25, -0.2) is 13.1 Å². The topological polar surface area (TPSA) is 75.7 Å². The van der Waals surface area contributed by atoms with Crippen molar-refractivity contribution >= 4 is 21.6 Å². The SMILES string of the molecule is CNS(=O)(=O)c1ccc2c(c1)CCN2C(=O)CCOc1ccc(C(C)C)cc1. The minimum absolute atomic E-state index is 0.0261. The predicted octanol–water partition coefficient (Wildman–Crippen LogP) is 3.08. The molecule has 1 heterocycles. The molecule has 2 aromatic rings. The fourth-order valence-corrected chi connectivity index (χ4v) is 4.04. The number of hydrogen-bond donors (Lipinski definition) is 1. The summed E-state index contributed by atoms with van der Waals surface area (Å²) in [5.41, 5.74) is 2.90. The van der Waals surface area contributed by atoms with Crippen molar-refractivity contribution in [3.63, 3.8) is 0 Å². The molecule has 0 radical (unpaired) electrons. The third-order valence-electron chi connectivity index (χ3n) is 4.96. The van der Waals surface area contributed by atoms with Gasteiger partial charge in [-0.3, -0.25) is 4.79 Å². The molecule has 0 saturated heterocycles. The first-order valence-corrected chi connectivity index (χ1v) is 10.9. The molecule has 1 N–H and O–H groups in total. The van der Waals surface area contributed by atoms with Gasteiger partial charge in [-0.05, 0) is 60.8 Å². The van der Waals surface area contributed by atoms with Crippen LogP contribution < -0.4 is 14.4 Å². The van der Waals surface area contributed by atoms with E-state index in [9.17, 15) is 13.2 Å². The molecule has 0 aliphatic carbocycles. The van der Waals surface area contributed by atoms with Crippen molar-refractivity contribution in [2.45, 2.75) is 37.5 Å². The van der Waals surface area contributed by atoms with E-state index >= 15 is 0 Å². The quantitative estimate of drug-likeness (QED) is 0.772. The molecule has 0 saturated carbocycles. The Morgan fingerprint density at radius 3 is 2.54 bits per heavy atom. The van der Waals surface area contributed by atoms with Gasteiger partial charge < -0.3 is 9.64 Å². The third-order valence-corrected chi connectivity index (χ3v) is 6.37. The number of rotatable bonds is 7. The van der Waals surface area contributed by atoms with E-state index in [-0.39, 0.29) is 17.2 Å². The second-order valence-corrected chi connectivity index (χ2v) is 9.00. The maximum atomic E-state index is 12.6. The zero-order chi connectivity index (χ0) is 20.3. The molecule has 0 bridgehead atoms. The van der Waals surface area contributed by atoms with Crippen LogP contribution in [0.2, 0.25) is 0 Å². The Morgan fingerprint density at radius 1 is 1.18 bits per heavy atom. The highest BCUT2D eigenvalue weighted by Crippen LogP contribution is 2.30. The van der Waals surface area contributed by atoms with Crippen LogP contribution in [0.1, 0.15) is 37.3 Å². The molecular weight excluding hydrogens is 376 g/mol. The Bertz CT molecular complexity index is 953. The van der Waals surface area contributed by atoms with E-state index in [2.05, 4.69) is 18.6 Å². The second-order valence-electron chi connectivity index (χ2n) is 7.12. The van der Waals surface area contributed by atoms with Crippen LogP contribution in [0.15, 0.2) is 47.4 Å². The van der Waals surface area contributed by atoms with Gasteiger partial charge >= 0.3 is 0 Å². The number of amides is 1. The molecule has 0 aromatic heterocycles. The largest absolute Gasteiger partial charge is 0.493 e. The molecule has 1 aliphatic heterocycles. The lowest BCUT2D eigenvalue weighted by atomic mass is 10.0. The second kappa shape index (κ2) is 8.32. The van der Waals surface area contributed by atoms with Gasteiger partial charge in [0.05, 0.1) is 17.9 Å². The summed E-state index contributed by atoms with van der Waals surface area (Å²) in [5.74, 6) is 1.19. The zero-order valence-corrected chi connectivity index (χ0v) is 17.3. The molecule has 0 unspecified atom stereocenters. The molecule has 1 amide bonds. The Balaban J connectivity index is 1.59. The number of carbonyl (C=O) groups excluding carboxylic acids is 1. The van der Waals surface area contributed by atoms with Gasteiger partial charge in [0.1, 0.15) is 5.75 Å². The summed E-state index contributed by atoms with van der Waals surface area (Å²) in [5, 5.41) is 0. The van der Waals surface area contributed by atoms with Crippen LogP contribution >= 0.6 is 0 Å². The minimum Gasteiger partial charge on any atom is -0.493 e. The Kier molecular flexibility index (Phi) is 6.05. The van der Waals surface area contributed by atoms with Crippen molar-refractivity contribution in [2.75, 3.05) is 25.1 Å².